The fourth-order valence-corrected chi connectivity index (χ4v) is 2.95. The Kier molecular flexibility index (Phi) is 7.63. The number of morpholine rings is 1. The van der Waals surface area contributed by atoms with E-state index in [-0.39, 0.29) is 37.0 Å². The van der Waals surface area contributed by atoms with Gasteiger partial charge < -0.3 is 34.7 Å². The molecule has 10 nitrogen and oxygen atoms in total. The zero-order valence-electron chi connectivity index (χ0n) is 16.5. The molecule has 0 unspecified atom stereocenters. The second kappa shape index (κ2) is 10.4. The summed E-state index contributed by atoms with van der Waals surface area (Å²) in [6.45, 7) is 2.06. The van der Waals surface area contributed by atoms with E-state index in [1.807, 2.05) is 4.90 Å². The number of ether oxygens (including phenoxy) is 4. The lowest BCUT2D eigenvalue weighted by molar-refractivity contribution is 0.0782. The number of methoxy groups -OCH3 is 1. The summed E-state index contributed by atoms with van der Waals surface area (Å²) >= 11 is 6.24. The van der Waals surface area contributed by atoms with Gasteiger partial charge >= 0.3 is 0 Å². The lowest BCUT2D eigenvalue weighted by atomic mass is 10.2. The normalized spacial score (nSPS) is 13.9. The maximum Gasteiger partial charge on any atom is 0.271 e. The van der Waals surface area contributed by atoms with Crippen LogP contribution in [0.1, 0.15) is 16.2 Å². The van der Waals surface area contributed by atoms with Crippen molar-refractivity contribution in [3.63, 3.8) is 0 Å². The van der Waals surface area contributed by atoms with Crippen LogP contribution >= 0.6 is 11.6 Å². The van der Waals surface area contributed by atoms with Crippen molar-refractivity contribution in [1.29, 1.82) is 0 Å². The summed E-state index contributed by atoms with van der Waals surface area (Å²) in [6, 6.07) is 4.85. The van der Waals surface area contributed by atoms with Gasteiger partial charge in [-0.2, -0.15) is 0 Å². The molecular formula is C19H23ClN4O6. The number of rotatable bonds is 9. The molecule has 0 bridgehead atoms. The number of aromatic nitrogens is 2. The highest BCUT2D eigenvalue weighted by Gasteiger charge is 2.25. The van der Waals surface area contributed by atoms with Gasteiger partial charge in [-0.3, -0.25) is 4.79 Å². The molecule has 3 N–H and O–H groups in total. The van der Waals surface area contributed by atoms with Crippen molar-refractivity contribution < 1.29 is 28.8 Å². The van der Waals surface area contributed by atoms with E-state index in [4.69, 9.17) is 41.4 Å². The summed E-state index contributed by atoms with van der Waals surface area (Å²) in [5.41, 5.74) is 5.79. The van der Waals surface area contributed by atoms with Crippen molar-refractivity contribution in [1.82, 2.24) is 9.97 Å². The highest BCUT2D eigenvalue weighted by molar-refractivity contribution is 6.32. The molecular weight excluding hydrogens is 416 g/mol. The topological polar surface area (TPSA) is 129 Å². The number of amides is 1. The standard InChI is InChI=1S/C19H23ClN4O6/c1-27-12-2-3-13(20)15(10-12)30-17-14(11-29-9-6-25)22-19(23-16(17)18(21)26)24-4-7-28-8-5-24/h2-3,10,25H,4-9,11H2,1H3,(H2,21,26). The Labute approximate surface area is 178 Å². The van der Waals surface area contributed by atoms with Crippen LogP contribution in [0.2, 0.25) is 5.02 Å². The van der Waals surface area contributed by atoms with Crippen molar-refractivity contribution in [3.8, 4) is 17.2 Å². The van der Waals surface area contributed by atoms with Crippen LogP contribution < -0.4 is 20.1 Å². The number of primary amides is 1. The van der Waals surface area contributed by atoms with Crippen LogP contribution in [-0.4, -0.2) is 67.6 Å². The molecule has 1 aliphatic heterocycles. The molecule has 11 heteroatoms. The average Bonchev–Trinajstić information content (AvgIpc) is 2.76. The summed E-state index contributed by atoms with van der Waals surface area (Å²) in [4.78, 5) is 22.9. The summed E-state index contributed by atoms with van der Waals surface area (Å²) in [5.74, 6) is 0.319. The highest BCUT2D eigenvalue weighted by Crippen LogP contribution is 2.36. The number of nitrogens with two attached hydrogens (primary N) is 1. The monoisotopic (exact) mass is 438 g/mol. The third kappa shape index (κ3) is 5.28. The minimum absolute atomic E-state index is 0.0301. The predicted molar refractivity (Wildman–Crippen MR) is 108 cm³/mol. The first kappa shape index (κ1) is 22.0. The Morgan fingerprint density at radius 3 is 2.77 bits per heavy atom. The van der Waals surface area contributed by atoms with E-state index < -0.39 is 5.91 Å². The number of hydrogen-bond donors (Lipinski definition) is 2. The molecule has 0 aliphatic carbocycles. The third-order valence-electron chi connectivity index (χ3n) is 4.28. The first-order chi connectivity index (χ1) is 14.5. The van der Waals surface area contributed by atoms with E-state index in [1.165, 1.54) is 7.11 Å². The van der Waals surface area contributed by atoms with Crippen LogP contribution in [0.25, 0.3) is 0 Å². The van der Waals surface area contributed by atoms with Gasteiger partial charge in [-0.25, -0.2) is 9.97 Å². The van der Waals surface area contributed by atoms with Gasteiger partial charge in [0.15, 0.2) is 11.4 Å². The van der Waals surface area contributed by atoms with E-state index in [0.29, 0.717) is 48.7 Å². The molecule has 0 atom stereocenters. The van der Waals surface area contributed by atoms with E-state index in [9.17, 15) is 4.79 Å². The largest absolute Gasteiger partial charge is 0.497 e. The van der Waals surface area contributed by atoms with Crippen molar-refractivity contribution in [3.05, 3.63) is 34.6 Å². The van der Waals surface area contributed by atoms with Crippen molar-refractivity contribution in [2.75, 3.05) is 51.5 Å². The van der Waals surface area contributed by atoms with Gasteiger partial charge in [0.25, 0.3) is 5.91 Å². The van der Waals surface area contributed by atoms with E-state index in [1.54, 1.807) is 18.2 Å². The Hall–Kier alpha value is -2.66. The van der Waals surface area contributed by atoms with E-state index in [0.717, 1.165) is 0 Å². The predicted octanol–water partition coefficient (Wildman–Crippen LogP) is 1.38. The summed E-state index contributed by atoms with van der Waals surface area (Å²) in [7, 11) is 1.51. The quantitative estimate of drug-likeness (QED) is 0.557. The number of anilines is 1. The Morgan fingerprint density at radius 1 is 1.33 bits per heavy atom. The van der Waals surface area contributed by atoms with Crippen molar-refractivity contribution in [2.45, 2.75) is 6.61 Å². The van der Waals surface area contributed by atoms with Crippen LogP contribution in [0.5, 0.6) is 17.2 Å². The van der Waals surface area contributed by atoms with E-state index >= 15 is 0 Å². The second-order valence-electron chi connectivity index (χ2n) is 6.29. The Morgan fingerprint density at radius 2 is 2.10 bits per heavy atom. The number of hydrogen-bond acceptors (Lipinski definition) is 9. The van der Waals surface area contributed by atoms with Gasteiger partial charge in [-0.05, 0) is 12.1 Å². The molecule has 1 fully saturated rings. The lowest BCUT2D eigenvalue weighted by Crippen LogP contribution is -2.38. The summed E-state index contributed by atoms with van der Waals surface area (Å²) < 4.78 is 21.9. The molecule has 1 aliphatic rings. The summed E-state index contributed by atoms with van der Waals surface area (Å²) in [5, 5.41) is 9.32. The molecule has 2 aromatic rings. The summed E-state index contributed by atoms with van der Waals surface area (Å²) in [6.07, 6.45) is 0. The molecule has 1 saturated heterocycles. The minimum atomic E-state index is -0.788. The molecule has 162 valence electrons. The van der Waals surface area contributed by atoms with Gasteiger partial charge in [0.2, 0.25) is 5.95 Å². The van der Waals surface area contributed by atoms with Gasteiger partial charge in [0.1, 0.15) is 17.2 Å². The third-order valence-corrected chi connectivity index (χ3v) is 4.59. The molecule has 30 heavy (non-hydrogen) atoms. The van der Waals surface area contributed by atoms with Crippen molar-refractivity contribution >= 4 is 23.5 Å². The molecule has 1 amide bonds. The minimum Gasteiger partial charge on any atom is -0.497 e. The Bertz CT molecular complexity index is 892. The smallest absolute Gasteiger partial charge is 0.271 e. The SMILES string of the molecule is COc1ccc(Cl)c(Oc2c(COCCO)nc(N3CCOCC3)nc2C(N)=O)c1. The Balaban J connectivity index is 2.05. The number of carbonyl (C=O) groups is 1. The lowest BCUT2D eigenvalue weighted by Gasteiger charge is -2.27. The van der Waals surface area contributed by atoms with Gasteiger partial charge in [-0.15, -0.1) is 0 Å². The zero-order chi connectivity index (χ0) is 21.5. The molecule has 0 saturated carbocycles. The molecule has 1 aromatic heterocycles. The number of halogens is 1. The zero-order valence-corrected chi connectivity index (χ0v) is 17.2. The second-order valence-corrected chi connectivity index (χ2v) is 6.69. The van der Waals surface area contributed by atoms with Crippen LogP contribution in [0.15, 0.2) is 18.2 Å². The number of nitrogens with zero attached hydrogens (tertiary/aromatic N) is 3. The van der Waals surface area contributed by atoms with Crippen molar-refractivity contribution in [2.24, 2.45) is 5.73 Å². The fourth-order valence-electron chi connectivity index (χ4n) is 2.79. The van der Waals surface area contributed by atoms with Gasteiger partial charge in [-0.1, -0.05) is 11.6 Å². The molecule has 3 rings (SSSR count). The maximum atomic E-state index is 12.2. The van der Waals surface area contributed by atoms with Gasteiger partial charge in [0, 0.05) is 19.2 Å². The molecule has 1 aromatic carbocycles. The number of carbonyl (C=O) groups excluding carboxylic acids is 1. The molecule has 0 spiro atoms. The number of aliphatic hydroxyl groups excluding tert-OH is 1. The van der Waals surface area contributed by atoms with Crippen LogP contribution in [0.3, 0.4) is 0 Å². The highest BCUT2D eigenvalue weighted by atomic mass is 35.5. The van der Waals surface area contributed by atoms with Crippen LogP contribution in [0.4, 0.5) is 5.95 Å². The first-order valence-corrected chi connectivity index (χ1v) is 9.64. The molecule has 2 heterocycles. The number of aliphatic hydroxyl groups is 1. The van der Waals surface area contributed by atoms with Gasteiger partial charge in [0.05, 0.1) is 45.2 Å². The fraction of sp³-hybridized carbons (Fsp3) is 0.421. The average molecular weight is 439 g/mol. The number of benzene rings is 1. The van der Waals surface area contributed by atoms with E-state index in [2.05, 4.69) is 9.97 Å². The van der Waals surface area contributed by atoms with Crippen LogP contribution in [-0.2, 0) is 16.1 Å². The first-order valence-electron chi connectivity index (χ1n) is 9.27. The maximum absolute atomic E-state index is 12.2. The molecule has 0 radical (unpaired) electrons. The van der Waals surface area contributed by atoms with Crippen LogP contribution in [0, 0.1) is 0 Å².